The Hall–Kier alpha value is -2.45. The fraction of sp³-hybridized carbons (Fsp3) is 0.368. The molecule has 0 atom stereocenters. The molecule has 0 radical (unpaired) electrons. The molecule has 0 saturated carbocycles. The lowest BCUT2D eigenvalue weighted by Gasteiger charge is -2.38. The van der Waals surface area contributed by atoms with E-state index in [0.717, 1.165) is 36.5 Å². The van der Waals surface area contributed by atoms with Crippen LogP contribution in [0.25, 0.3) is 5.65 Å². The van der Waals surface area contributed by atoms with Gasteiger partial charge in [0.15, 0.2) is 5.65 Å². The van der Waals surface area contributed by atoms with E-state index >= 15 is 0 Å². The number of hydrogen-bond acceptors (Lipinski definition) is 5. The number of aryl methyl sites for hydroxylation is 1. The first-order valence-corrected chi connectivity index (χ1v) is 10.6. The maximum atomic E-state index is 12.9. The van der Waals surface area contributed by atoms with Crippen molar-refractivity contribution in [2.75, 3.05) is 18.0 Å². The Morgan fingerprint density at radius 1 is 1.19 bits per heavy atom. The minimum absolute atomic E-state index is 0.104. The van der Waals surface area contributed by atoms with Crippen molar-refractivity contribution < 1.29 is 8.42 Å². The van der Waals surface area contributed by atoms with Gasteiger partial charge < -0.3 is 4.90 Å². The standard InChI is InChI=1S/C19H23N5O2S/c1-3-15-6-4-5-7-16(15)10-21-27(25,26)17-11-20-24-9-8-18(22-19(17)24)23-12-14(2)13-23/h4-9,11,14,21H,3,10,12-13H2,1-2H3. The van der Waals surface area contributed by atoms with E-state index in [0.29, 0.717) is 11.6 Å². The highest BCUT2D eigenvalue weighted by atomic mass is 32.2. The minimum atomic E-state index is -3.72. The van der Waals surface area contributed by atoms with Crippen LogP contribution in [0.1, 0.15) is 25.0 Å². The lowest BCUT2D eigenvalue weighted by molar-refractivity contribution is 0.443. The van der Waals surface area contributed by atoms with E-state index in [2.05, 4.69) is 33.6 Å². The third-order valence-corrected chi connectivity index (χ3v) is 6.34. The summed E-state index contributed by atoms with van der Waals surface area (Å²) in [5.41, 5.74) is 2.46. The van der Waals surface area contributed by atoms with Crippen LogP contribution < -0.4 is 9.62 Å². The third-order valence-electron chi connectivity index (χ3n) is 4.95. The van der Waals surface area contributed by atoms with Gasteiger partial charge in [-0.2, -0.15) is 5.10 Å². The lowest BCUT2D eigenvalue weighted by Crippen LogP contribution is -2.45. The zero-order valence-electron chi connectivity index (χ0n) is 15.5. The van der Waals surface area contributed by atoms with Gasteiger partial charge in [-0.15, -0.1) is 0 Å². The molecule has 1 aromatic carbocycles. The summed E-state index contributed by atoms with van der Waals surface area (Å²) in [6.45, 7) is 6.35. The van der Waals surface area contributed by atoms with E-state index in [-0.39, 0.29) is 11.4 Å². The van der Waals surface area contributed by atoms with Gasteiger partial charge in [0.25, 0.3) is 0 Å². The van der Waals surface area contributed by atoms with Crippen LogP contribution in [0.3, 0.4) is 0 Å². The van der Waals surface area contributed by atoms with Crippen molar-refractivity contribution in [3.63, 3.8) is 0 Å². The largest absolute Gasteiger partial charge is 0.356 e. The quantitative estimate of drug-likeness (QED) is 0.704. The molecular formula is C19H23N5O2S. The first kappa shape index (κ1) is 17.9. The average molecular weight is 385 g/mol. The highest BCUT2D eigenvalue weighted by Gasteiger charge is 2.26. The molecule has 3 aromatic rings. The maximum absolute atomic E-state index is 12.9. The van der Waals surface area contributed by atoms with Crippen molar-refractivity contribution in [1.82, 2.24) is 19.3 Å². The Morgan fingerprint density at radius 3 is 2.63 bits per heavy atom. The fourth-order valence-electron chi connectivity index (χ4n) is 3.42. The molecule has 2 aromatic heterocycles. The van der Waals surface area contributed by atoms with Crippen LogP contribution in [0.15, 0.2) is 47.6 Å². The number of aromatic nitrogens is 3. The molecule has 0 amide bonds. The summed E-state index contributed by atoms with van der Waals surface area (Å²) in [6.07, 6.45) is 3.97. The van der Waals surface area contributed by atoms with Gasteiger partial charge in [-0.1, -0.05) is 38.1 Å². The monoisotopic (exact) mass is 385 g/mol. The van der Waals surface area contributed by atoms with Crippen LogP contribution in [-0.2, 0) is 23.0 Å². The molecule has 1 aliphatic rings. The predicted octanol–water partition coefficient (Wildman–Crippen LogP) is 2.23. The third kappa shape index (κ3) is 3.42. The zero-order chi connectivity index (χ0) is 19.0. The van der Waals surface area contributed by atoms with E-state index < -0.39 is 10.0 Å². The first-order valence-electron chi connectivity index (χ1n) is 9.13. The molecule has 1 N–H and O–H groups in total. The van der Waals surface area contributed by atoms with Crippen molar-refractivity contribution in [2.24, 2.45) is 5.92 Å². The maximum Gasteiger partial charge on any atom is 0.246 e. The van der Waals surface area contributed by atoms with Gasteiger partial charge in [-0.25, -0.2) is 22.6 Å². The molecule has 0 unspecified atom stereocenters. The molecule has 3 heterocycles. The first-order chi connectivity index (χ1) is 13.0. The summed E-state index contributed by atoms with van der Waals surface area (Å²) >= 11 is 0. The molecule has 1 aliphatic heterocycles. The van der Waals surface area contributed by atoms with E-state index in [1.54, 1.807) is 6.20 Å². The number of hydrogen-bond donors (Lipinski definition) is 1. The van der Waals surface area contributed by atoms with E-state index in [4.69, 9.17) is 0 Å². The van der Waals surface area contributed by atoms with Gasteiger partial charge in [0.05, 0.1) is 6.20 Å². The number of sulfonamides is 1. The molecule has 0 spiro atoms. The zero-order valence-corrected chi connectivity index (χ0v) is 16.3. The Morgan fingerprint density at radius 2 is 1.93 bits per heavy atom. The SMILES string of the molecule is CCc1ccccc1CNS(=O)(=O)c1cnn2ccc(N3CC(C)C3)nc12. The molecule has 0 bridgehead atoms. The number of nitrogens with one attached hydrogen (secondary N) is 1. The summed E-state index contributed by atoms with van der Waals surface area (Å²) in [5, 5.41) is 4.15. The molecule has 0 aliphatic carbocycles. The molecule has 142 valence electrons. The van der Waals surface area contributed by atoms with Crippen LogP contribution in [0.4, 0.5) is 5.82 Å². The molecule has 1 fully saturated rings. The molecule has 1 saturated heterocycles. The van der Waals surface area contributed by atoms with E-state index in [1.807, 2.05) is 30.3 Å². The number of anilines is 1. The normalized spacial score (nSPS) is 15.3. The van der Waals surface area contributed by atoms with Crippen LogP contribution >= 0.6 is 0 Å². The van der Waals surface area contributed by atoms with Crippen LogP contribution in [0, 0.1) is 5.92 Å². The Balaban J connectivity index is 1.61. The number of rotatable bonds is 6. The summed E-state index contributed by atoms with van der Waals surface area (Å²) in [4.78, 5) is 6.80. The topological polar surface area (TPSA) is 79.6 Å². The van der Waals surface area contributed by atoms with Gasteiger partial charge in [0.1, 0.15) is 10.7 Å². The number of nitrogens with zero attached hydrogens (tertiary/aromatic N) is 4. The van der Waals surface area contributed by atoms with Crippen molar-refractivity contribution in [3.8, 4) is 0 Å². The van der Waals surface area contributed by atoms with Gasteiger partial charge in [-0.3, -0.25) is 0 Å². The van der Waals surface area contributed by atoms with Crippen LogP contribution in [0.2, 0.25) is 0 Å². The van der Waals surface area contributed by atoms with Gasteiger partial charge in [-0.05, 0) is 29.5 Å². The Kier molecular flexibility index (Phi) is 4.61. The summed E-state index contributed by atoms with van der Waals surface area (Å²) in [5.74, 6) is 1.42. The van der Waals surface area contributed by atoms with E-state index in [1.165, 1.54) is 10.7 Å². The Bertz CT molecular complexity index is 1070. The molecule has 7 nitrogen and oxygen atoms in total. The van der Waals surface area contributed by atoms with E-state index in [9.17, 15) is 8.42 Å². The van der Waals surface area contributed by atoms with Gasteiger partial charge in [0.2, 0.25) is 10.0 Å². The van der Waals surface area contributed by atoms with Crippen molar-refractivity contribution in [1.29, 1.82) is 0 Å². The molecule has 27 heavy (non-hydrogen) atoms. The van der Waals surface area contributed by atoms with Crippen LogP contribution in [0.5, 0.6) is 0 Å². The summed E-state index contributed by atoms with van der Waals surface area (Å²) < 4.78 is 30.0. The molecule has 8 heteroatoms. The van der Waals surface area contributed by atoms with Crippen molar-refractivity contribution >= 4 is 21.5 Å². The van der Waals surface area contributed by atoms with Gasteiger partial charge in [0, 0.05) is 25.8 Å². The smallest absolute Gasteiger partial charge is 0.246 e. The second-order valence-corrected chi connectivity index (χ2v) is 8.76. The average Bonchev–Trinajstić information content (AvgIpc) is 3.08. The highest BCUT2D eigenvalue weighted by Crippen LogP contribution is 2.24. The minimum Gasteiger partial charge on any atom is -0.356 e. The van der Waals surface area contributed by atoms with Gasteiger partial charge >= 0.3 is 0 Å². The molecular weight excluding hydrogens is 362 g/mol. The number of benzene rings is 1. The summed E-state index contributed by atoms with van der Waals surface area (Å²) in [7, 11) is -3.72. The summed E-state index contributed by atoms with van der Waals surface area (Å²) in [6, 6.07) is 9.71. The fourth-order valence-corrected chi connectivity index (χ4v) is 4.48. The molecule has 4 rings (SSSR count). The highest BCUT2D eigenvalue weighted by molar-refractivity contribution is 7.89. The predicted molar refractivity (Wildman–Crippen MR) is 104 cm³/mol. The van der Waals surface area contributed by atoms with Crippen molar-refractivity contribution in [2.45, 2.75) is 31.7 Å². The second kappa shape index (κ2) is 6.94. The van der Waals surface area contributed by atoms with Crippen molar-refractivity contribution in [3.05, 3.63) is 53.9 Å². The Labute approximate surface area is 159 Å². The van der Waals surface area contributed by atoms with Crippen LogP contribution in [-0.4, -0.2) is 36.1 Å². The lowest BCUT2D eigenvalue weighted by atomic mass is 10.0. The second-order valence-electron chi connectivity index (χ2n) is 7.02. The number of fused-ring (bicyclic) bond motifs is 1.